The summed E-state index contributed by atoms with van der Waals surface area (Å²) in [6, 6.07) is 0.0311. The number of fused-ring (bicyclic) bond motifs is 1. The standard InChI is InChI=1S/C10H13N7S2/c1-4-6-7(17(3)16-4)13-10(18-6)12-5(2)8-14-15-9(11)19-8/h5H,1-3H3,(H2,11,15)(H,12,13)/t5-/m1/s1. The van der Waals surface area contributed by atoms with Gasteiger partial charge in [-0.15, -0.1) is 10.2 Å². The molecule has 19 heavy (non-hydrogen) atoms. The minimum Gasteiger partial charge on any atom is -0.374 e. The lowest BCUT2D eigenvalue weighted by Gasteiger charge is -2.08. The van der Waals surface area contributed by atoms with Crippen LogP contribution in [-0.4, -0.2) is 25.0 Å². The molecule has 3 rings (SSSR count). The SMILES string of the molecule is Cc1nn(C)c2nc(N[C@H](C)c3nnc(N)s3)sc12. The van der Waals surface area contributed by atoms with Crippen LogP contribution < -0.4 is 11.1 Å². The zero-order chi connectivity index (χ0) is 13.6. The maximum atomic E-state index is 5.59. The van der Waals surface area contributed by atoms with Gasteiger partial charge in [-0.25, -0.2) is 9.67 Å². The monoisotopic (exact) mass is 295 g/mol. The quantitative estimate of drug-likeness (QED) is 0.767. The van der Waals surface area contributed by atoms with Crippen molar-refractivity contribution in [2.45, 2.75) is 19.9 Å². The van der Waals surface area contributed by atoms with E-state index in [-0.39, 0.29) is 6.04 Å². The second-order valence-electron chi connectivity index (χ2n) is 4.23. The van der Waals surface area contributed by atoms with Crippen molar-refractivity contribution in [3.8, 4) is 0 Å². The average Bonchev–Trinajstić information content (AvgIpc) is 3.00. The Kier molecular flexibility index (Phi) is 2.86. The summed E-state index contributed by atoms with van der Waals surface area (Å²) in [6.07, 6.45) is 0. The first-order chi connectivity index (χ1) is 9.04. The highest BCUT2D eigenvalue weighted by atomic mass is 32.1. The highest BCUT2D eigenvalue weighted by Gasteiger charge is 2.16. The van der Waals surface area contributed by atoms with Crippen LogP contribution in [0.1, 0.15) is 23.7 Å². The van der Waals surface area contributed by atoms with Gasteiger partial charge in [0.25, 0.3) is 0 Å². The van der Waals surface area contributed by atoms with E-state index >= 15 is 0 Å². The first-order valence-corrected chi connectivity index (χ1v) is 7.33. The second kappa shape index (κ2) is 4.42. The van der Waals surface area contributed by atoms with E-state index in [2.05, 4.69) is 25.6 Å². The molecule has 0 aliphatic heterocycles. The summed E-state index contributed by atoms with van der Waals surface area (Å²) < 4.78 is 2.90. The van der Waals surface area contributed by atoms with Gasteiger partial charge in [-0.3, -0.25) is 0 Å². The Hall–Kier alpha value is -1.74. The molecule has 0 aliphatic rings. The number of rotatable bonds is 3. The van der Waals surface area contributed by atoms with Gasteiger partial charge in [-0.2, -0.15) is 5.10 Å². The number of nitrogens with zero attached hydrogens (tertiary/aromatic N) is 5. The fraction of sp³-hybridized carbons (Fsp3) is 0.400. The Morgan fingerprint density at radius 1 is 1.32 bits per heavy atom. The zero-order valence-corrected chi connectivity index (χ0v) is 12.3. The molecule has 0 saturated carbocycles. The largest absolute Gasteiger partial charge is 0.374 e. The van der Waals surface area contributed by atoms with Gasteiger partial charge in [0.1, 0.15) is 5.01 Å². The van der Waals surface area contributed by atoms with Crippen LogP contribution >= 0.6 is 22.7 Å². The molecule has 0 saturated heterocycles. The van der Waals surface area contributed by atoms with Crippen molar-refractivity contribution in [3.05, 3.63) is 10.7 Å². The number of thiazole rings is 1. The second-order valence-corrected chi connectivity index (χ2v) is 6.27. The molecule has 0 aliphatic carbocycles. The highest BCUT2D eigenvalue weighted by Crippen LogP contribution is 2.31. The summed E-state index contributed by atoms with van der Waals surface area (Å²) in [5.41, 5.74) is 7.48. The van der Waals surface area contributed by atoms with Crippen molar-refractivity contribution in [1.82, 2.24) is 25.0 Å². The lowest BCUT2D eigenvalue weighted by molar-refractivity contribution is 0.773. The molecule has 9 heteroatoms. The Balaban J connectivity index is 1.87. The van der Waals surface area contributed by atoms with Gasteiger partial charge in [0.05, 0.1) is 16.4 Å². The molecule has 0 fully saturated rings. The molecule has 0 amide bonds. The van der Waals surface area contributed by atoms with Gasteiger partial charge in [-0.1, -0.05) is 22.7 Å². The number of nitrogen functional groups attached to an aromatic ring is 1. The zero-order valence-electron chi connectivity index (χ0n) is 10.7. The van der Waals surface area contributed by atoms with Crippen LogP contribution in [0.25, 0.3) is 10.3 Å². The molecule has 7 nitrogen and oxygen atoms in total. The first kappa shape index (κ1) is 12.3. The van der Waals surface area contributed by atoms with Crippen molar-refractivity contribution in [2.75, 3.05) is 11.1 Å². The molecule has 3 N–H and O–H groups in total. The van der Waals surface area contributed by atoms with Crippen LogP contribution in [0.2, 0.25) is 0 Å². The van der Waals surface area contributed by atoms with Crippen molar-refractivity contribution >= 4 is 43.3 Å². The Labute approximate surface area is 117 Å². The number of aryl methyl sites for hydroxylation is 2. The first-order valence-electron chi connectivity index (χ1n) is 5.70. The molecule has 0 radical (unpaired) electrons. The molecule has 3 heterocycles. The van der Waals surface area contributed by atoms with Gasteiger partial charge < -0.3 is 11.1 Å². The van der Waals surface area contributed by atoms with Crippen molar-refractivity contribution in [1.29, 1.82) is 0 Å². The predicted octanol–water partition coefficient (Wildman–Crippen LogP) is 1.95. The van der Waals surface area contributed by atoms with E-state index < -0.39 is 0 Å². The molecule has 0 bridgehead atoms. The third kappa shape index (κ3) is 2.15. The summed E-state index contributed by atoms with van der Waals surface area (Å²) in [4.78, 5) is 4.54. The molecule has 0 aromatic carbocycles. The van der Waals surface area contributed by atoms with Gasteiger partial charge in [0.2, 0.25) is 5.13 Å². The smallest absolute Gasteiger partial charge is 0.203 e. The van der Waals surface area contributed by atoms with Crippen LogP contribution in [0, 0.1) is 6.92 Å². The fourth-order valence-corrected chi connectivity index (χ4v) is 3.45. The molecule has 3 aromatic rings. The van der Waals surface area contributed by atoms with Crippen molar-refractivity contribution < 1.29 is 0 Å². The van der Waals surface area contributed by atoms with E-state index in [0.29, 0.717) is 5.13 Å². The van der Waals surface area contributed by atoms with E-state index in [0.717, 1.165) is 26.2 Å². The number of anilines is 2. The topological polar surface area (TPSA) is 94.5 Å². The maximum Gasteiger partial charge on any atom is 0.203 e. The molecule has 100 valence electrons. The van der Waals surface area contributed by atoms with Crippen LogP contribution in [-0.2, 0) is 7.05 Å². The third-order valence-corrected chi connectivity index (χ3v) is 4.73. The molecule has 0 spiro atoms. The van der Waals surface area contributed by atoms with Crippen molar-refractivity contribution in [3.63, 3.8) is 0 Å². The Morgan fingerprint density at radius 2 is 2.11 bits per heavy atom. The lowest BCUT2D eigenvalue weighted by atomic mass is 10.4. The number of nitrogens with two attached hydrogens (primary N) is 1. The van der Waals surface area contributed by atoms with Gasteiger partial charge in [0, 0.05) is 7.05 Å². The van der Waals surface area contributed by atoms with Gasteiger partial charge in [-0.05, 0) is 13.8 Å². The Bertz CT molecular complexity index is 691. The van der Waals surface area contributed by atoms with E-state index in [1.54, 1.807) is 16.0 Å². The van der Waals surface area contributed by atoms with Crippen LogP contribution in [0.15, 0.2) is 0 Å². The van der Waals surface area contributed by atoms with Crippen LogP contribution in [0.4, 0.5) is 10.3 Å². The van der Waals surface area contributed by atoms with E-state index in [9.17, 15) is 0 Å². The minimum atomic E-state index is 0.0311. The summed E-state index contributed by atoms with van der Waals surface area (Å²) in [5.74, 6) is 0. The molecule has 1 atom stereocenters. The molecule has 3 aromatic heterocycles. The summed E-state index contributed by atoms with van der Waals surface area (Å²) in [5, 5.41) is 17.7. The lowest BCUT2D eigenvalue weighted by Crippen LogP contribution is -2.06. The molecular weight excluding hydrogens is 282 g/mol. The number of hydrogen-bond acceptors (Lipinski definition) is 8. The Morgan fingerprint density at radius 3 is 2.74 bits per heavy atom. The summed E-state index contributed by atoms with van der Waals surface area (Å²) >= 11 is 2.98. The van der Waals surface area contributed by atoms with Crippen molar-refractivity contribution in [2.24, 2.45) is 7.05 Å². The summed E-state index contributed by atoms with van der Waals surface area (Å²) in [7, 11) is 1.90. The average molecular weight is 295 g/mol. The number of aromatic nitrogens is 5. The van der Waals surface area contributed by atoms with E-state index in [1.807, 2.05) is 20.9 Å². The number of nitrogens with one attached hydrogen (secondary N) is 1. The fourth-order valence-electron chi connectivity index (χ4n) is 1.82. The molecular formula is C10H13N7S2. The highest BCUT2D eigenvalue weighted by molar-refractivity contribution is 7.22. The summed E-state index contributed by atoms with van der Waals surface area (Å²) in [6.45, 7) is 4.00. The minimum absolute atomic E-state index is 0.0311. The van der Waals surface area contributed by atoms with E-state index in [1.165, 1.54) is 11.3 Å². The maximum absolute atomic E-state index is 5.59. The van der Waals surface area contributed by atoms with E-state index in [4.69, 9.17) is 5.73 Å². The van der Waals surface area contributed by atoms with Crippen LogP contribution in [0.3, 0.4) is 0 Å². The molecule has 0 unspecified atom stereocenters. The van der Waals surface area contributed by atoms with Gasteiger partial charge in [0.15, 0.2) is 10.8 Å². The predicted molar refractivity (Wildman–Crippen MR) is 77.5 cm³/mol. The van der Waals surface area contributed by atoms with Crippen LogP contribution in [0.5, 0.6) is 0 Å². The third-order valence-electron chi connectivity index (χ3n) is 2.71. The van der Waals surface area contributed by atoms with Gasteiger partial charge >= 0.3 is 0 Å². The number of hydrogen-bond donors (Lipinski definition) is 2. The normalized spacial score (nSPS) is 13.0.